The zero-order valence-electron chi connectivity index (χ0n) is 8.27. The highest BCUT2D eigenvalue weighted by atomic mass is 32.2. The van der Waals surface area contributed by atoms with Crippen molar-refractivity contribution < 1.29 is 22.8 Å². The van der Waals surface area contributed by atoms with Crippen molar-refractivity contribution in [3.8, 4) is 11.8 Å². The molecule has 86 valence electrons. The van der Waals surface area contributed by atoms with E-state index in [2.05, 4.69) is 11.8 Å². The molecule has 0 aromatic rings. The molecule has 0 unspecified atom stereocenters. The third-order valence-corrected chi connectivity index (χ3v) is 2.85. The van der Waals surface area contributed by atoms with Crippen molar-refractivity contribution in [1.29, 1.82) is 0 Å². The maximum atomic E-state index is 10.4. The van der Waals surface area contributed by atoms with Crippen molar-refractivity contribution in [2.75, 3.05) is 19.0 Å². The highest BCUT2D eigenvalue weighted by molar-refractivity contribution is 7.85. The van der Waals surface area contributed by atoms with E-state index in [4.69, 9.17) is 9.29 Å². The van der Waals surface area contributed by atoms with Crippen LogP contribution in [0.25, 0.3) is 0 Å². The Balaban J connectivity index is 2.42. The zero-order valence-corrected chi connectivity index (χ0v) is 9.09. The van der Waals surface area contributed by atoms with Gasteiger partial charge >= 0.3 is 0 Å². The van der Waals surface area contributed by atoms with E-state index in [1.807, 2.05) is 0 Å². The Hall–Kier alpha value is -0.610. The van der Waals surface area contributed by atoms with Gasteiger partial charge in [0.2, 0.25) is 0 Å². The van der Waals surface area contributed by atoms with Gasteiger partial charge in [-0.25, -0.2) is 0 Å². The molecule has 0 aromatic carbocycles. The van der Waals surface area contributed by atoms with E-state index in [1.165, 1.54) is 0 Å². The molecular weight excluding hydrogens is 220 g/mol. The molecule has 0 atom stereocenters. The number of hydrogen-bond donors (Lipinski definition) is 2. The summed E-state index contributed by atoms with van der Waals surface area (Å²) in [5, 5.41) is 9.84. The van der Waals surface area contributed by atoms with E-state index in [-0.39, 0.29) is 6.42 Å². The van der Waals surface area contributed by atoms with Gasteiger partial charge in [0.25, 0.3) is 10.1 Å². The van der Waals surface area contributed by atoms with E-state index < -0.39 is 21.5 Å². The van der Waals surface area contributed by atoms with Crippen LogP contribution in [0.15, 0.2) is 0 Å². The van der Waals surface area contributed by atoms with E-state index in [1.54, 1.807) is 0 Å². The van der Waals surface area contributed by atoms with E-state index >= 15 is 0 Å². The Bertz CT molecular complexity index is 356. The molecule has 15 heavy (non-hydrogen) atoms. The molecule has 1 fully saturated rings. The van der Waals surface area contributed by atoms with Crippen LogP contribution in [-0.4, -0.2) is 42.6 Å². The fourth-order valence-corrected chi connectivity index (χ4v) is 1.60. The predicted molar refractivity (Wildman–Crippen MR) is 53.8 cm³/mol. The summed E-state index contributed by atoms with van der Waals surface area (Å²) in [5.74, 6) is 4.78. The largest absolute Gasteiger partial charge is 0.381 e. The van der Waals surface area contributed by atoms with Crippen molar-refractivity contribution in [1.82, 2.24) is 0 Å². The van der Waals surface area contributed by atoms with Gasteiger partial charge in [0.15, 0.2) is 0 Å². The fraction of sp³-hybridized carbons (Fsp3) is 0.778. The minimum atomic E-state index is -3.96. The lowest BCUT2D eigenvalue weighted by Crippen LogP contribution is -2.34. The number of hydrogen-bond acceptors (Lipinski definition) is 4. The lowest BCUT2D eigenvalue weighted by Gasteiger charge is -2.26. The summed E-state index contributed by atoms with van der Waals surface area (Å²) >= 11 is 0. The summed E-state index contributed by atoms with van der Waals surface area (Å²) in [5.41, 5.74) is -1.06. The molecule has 6 heteroatoms. The minimum Gasteiger partial charge on any atom is -0.381 e. The van der Waals surface area contributed by atoms with E-state index in [9.17, 15) is 13.5 Å². The molecule has 0 saturated carbocycles. The minimum absolute atomic E-state index is 0.0298. The van der Waals surface area contributed by atoms with Crippen LogP contribution in [0.2, 0.25) is 0 Å². The maximum Gasteiger partial charge on any atom is 0.265 e. The first-order valence-corrected chi connectivity index (χ1v) is 6.28. The number of aliphatic hydroxyl groups is 1. The molecule has 1 aliphatic rings. The van der Waals surface area contributed by atoms with Gasteiger partial charge in [-0.2, -0.15) is 8.42 Å². The average molecular weight is 234 g/mol. The van der Waals surface area contributed by atoms with Crippen LogP contribution in [0.4, 0.5) is 0 Å². The lowest BCUT2D eigenvalue weighted by atomic mass is 9.95. The van der Waals surface area contributed by atoms with Gasteiger partial charge in [0.1, 0.15) is 5.60 Å². The van der Waals surface area contributed by atoms with Crippen LogP contribution in [-0.2, 0) is 14.9 Å². The summed E-state index contributed by atoms with van der Waals surface area (Å²) in [6.07, 6.45) is 0.903. The molecule has 0 radical (unpaired) electrons. The third-order valence-electron chi connectivity index (χ3n) is 2.13. The molecule has 0 spiro atoms. The molecule has 2 N–H and O–H groups in total. The van der Waals surface area contributed by atoms with E-state index in [0.29, 0.717) is 26.1 Å². The number of rotatable bonds is 2. The van der Waals surface area contributed by atoms with Gasteiger partial charge in [0.05, 0.1) is 19.0 Å². The standard InChI is InChI=1S/C9H14O5S/c10-9(4-6-14-7-5-9)3-1-2-8-15(11,12)13/h10H,2,4-8H2,(H,11,12,13). The zero-order chi connectivity index (χ0) is 11.4. The van der Waals surface area contributed by atoms with Crippen LogP contribution < -0.4 is 0 Å². The lowest BCUT2D eigenvalue weighted by molar-refractivity contribution is -0.0262. The van der Waals surface area contributed by atoms with Gasteiger partial charge in [-0.1, -0.05) is 11.8 Å². The fourth-order valence-electron chi connectivity index (χ4n) is 1.24. The van der Waals surface area contributed by atoms with Crippen molar-refractivity contribution in [2.45, 2.75) is 24.9 Å². The van der Waals surface area contributed by atoms with Crippen LogP contribution >= 0.6 is 0 Å². The normalized spacial score (nSPS) is 20.4. The Morgan fingerprint density at radius 2 is 1.93 bits per heavy atom. The third kappa shape index (κ3) is 5.14. The molecule has 0 aromatic heterocycles. The smallest absolute Gasteiger partial charge is 0.265 e. The van der Waals surface area contributed by atoms with Gasteiger partial charge in [-0.3, -0.25) is 4.55 Å². The first-order chi connectivity index (χ1) is 6.91. The Labute approximate surface area is 89.2 Å². The summed E-state index contributed by atoms with van der Waals surface area (Å²) in [4.78, 5) is 0. The number of ether oxygens (including phenoxy) is 1. The first kappa shape index (κ1) is 12.5. The van der Waals surface area contributed by atoms with Crippen LogP contribution in [0, 0.1) is 11.8 Å². The topological polar surface area (TPSA) is 83.8 Å². The molecule has 0 amide bonds. The van der Waals surface area contributed by atoms with Crippen LogP contribution in [0.3, 0.4) is 0 Å². The van der Waals surface area contributed by atoms with Crippen molar-refractivity contribution >= 4 is 10.1 Å². The van der Waals surface area contributed by atoms with Gasteiger partial charge in [0, 0.05) is 19.3 Å². The second-order valence-corrected chi connectivity index (χ2v) is 5.05. The van der Waals surface area contributed by atoms with Crippen molar-refractivity contribution in [3.63, 3.8) is 0 Å². The molecule has 5 nitrogen and oxygen atoms in total. The second kappa shape index (κ2) is 4.94. The van der Waals surface area contributed by atoms with Crippen LogP contribution in [0.5, 0.6) is 0 Å². The summed E-state index contributed by atoms with van der Waals surface area (Å²) in [7, 11) is -3.96. The predicted octanol–water partition coefficient (Wildman–Crippen LogP) is -0.191. The Morgan fingerprint density at radius 1 is 1.33 bits per heavy atom. The second-order valence-electron chi connectivity index (χ2n) is 3.48. The quantitative estimate of drug-likeness (QED) is 0.511. The van der Waals surface area contributed by atoms with Gasteiger partial charge in [-0.05, 0) is 0 Å². The van der Waals surface area contributed by atoms with Crippen LogP contribution in [0.1, 0.15) is 19.3 Å². The van der Waals surface area contributed by atoms with Gasteiger partial charge in [-0.15, -0.1) is 0 Å². The Kier molecular flexibility index (Phi) is 4.11. The highest BCUT2D eigenvalue weighted by Crippen LogP contribution is 2.18. The summed E-state index contributed by atoms with van der Waals surface area (Å²) in [6.45, 7) is 0.924. The molecular formula is C9H14O5S. The van der Waals surface area contributed by atoms with Crippen molar-refractivity contribution in [3.05, 3.63) is 0 Å². The molecule has 1 aliphatic heterocycles. The molecule has 1 heterocycles. The first-order valence-electron chi connectivity index (χ1n) is 4.67. The maximum absolute atomic E-state index is 10.4. The highest BCUT2D eigenvalue weighted by Gasteiger charge is 2.27. The summed E-state index contributed by atoms with van der Waals surface area (Å²) in [6, 6.07) is 0. The Morgan fingerprint density at radius 3 is 2.47 bits per heavy atom. The molecule has 1 saturated heterocycles. The molecule has 0 bridgehead atoms. The molecule has 0 aliphatic carbocycles. The SMILES string of the molecule is O=S(=O)(O)CCC#CC1(O)CCOCC1. The van der Waals surface area contributed by atoms with Crippen molar-refractivity contribution in [2.24, 2.45) is 0 Å². The summed E-state index contributed by atoms with van der Waals surface area (Å²) < 4.78 is 34.2. The van der Waals surface area contributed by atoms with Gasteiger partial charge < -0.3 is 9.84 Å². The average Bonchev–Trinajstić information content (AvgIpc) is 2.12. The van der Waals surface area contributed by atoms with E-state index in [0.717, 1.165) is 0 Å². The molecule has 1 rings (SSSR count). The monoisotopic (exact) mass is 234 g/mol.